The zero-order chi connectivity index (χ0) is 18.0. The quantitative estimate of drug-likeness (QED) is 0.544. The van der Waals surface area contributed by atoms with Gasteiger partial charge in [-0.1, -0.05) is 30.8 Å². The van der Waals surface area contributed by atoms with Gasteiger partial charge in [0, 0.05) is 18.4 Å². The molecule has 130 valence electrons. The molecule has 1 aromatic carbocycles. The van der Waals surface area contributed by atoms with Crippen molar-refractivity contribution in [3.63, 3.8) is 0 Å². The summed E-state index contributed by atoms with van der Waals surface area (Å²) in [6.45, 7) is 3.97. The lowest BCUT2D eigenvalue weighted by molar-refractivity contribution is -0.113. The highest BCUT2D eigenvalue weighted by molar-refractivity contribution is 7.99. The predicted octanol–water partition coefficient (Wildman–Crippen LogP) is 2.86. The molecule has 0 unspecified atom stereocenters. The number of fused-ring (bicyclic) bond motifs is 1. The van der Waals surface area contributed by atoms with Gasteiger partial charge in [0.25, 0.3) is 5.56 Å². The highest BCUT2D eigenvalue weighted by Crippen LogP contribution is 2.18. The number of nitrogens with one attached hydrogen (secondary N) is 2. The Labute approximate surface area is 149 Å². The first kappa shape index (κ1) is 17.3. The van der Waals surface area contributed by atoms with E-state index >= 15 is 0 Å². The molecule has 25 heavy (non-hydrogen) atoms. The van der Waals surface area contributed by atoms with Crippen LogP contribution in [0.2, 0.25) is 0 Å². The predicted molar refractivity (Wildman–Crippen MR) is 101 cm³/mol. The summed E-state index contributed by atoms with van der Waals surface area (Å²) >= 11 is 1.25. The van der Waals surface area contributed by atoms with Crippen molar-refractivity contribution in [2.24, 2.45) is 7.05 Å². The summed E-state index contributed by atoms with van der Waals surface area (Å²) in [5.74, 6) is 0.0545. The maximum atomic E-state index is 12.3. The summed E-state index contributed by atoms with van der Waals surface area (Å²) in [5.41, 5.74) is 3.85. The minimum absolute atomic E-state index is 0.131. The number of anilines is 1. The molecule has 0 atom stereocenters. The van der Waals surface area contributed by atoms with Crippen molar-refractivity contribution in [3.8, 4) is 0 Å². The van der Waals surface area contributed by atoms with Crippen LogP contribution in [-0.2, 0) is 18.3 Å². The Kier molecular flexibility index (Phi) is 4.94. The standard InChI is InChI=1S/C18H20N4O2S/c1-4-12-5-7-13(8-6-12)20-15(23)10-25-18-21-14-9-11(2)19-16(14)17(24)22(18)3/h5-9,19H,4,10H2,1-3H3,(H,20,23). The van der Waals surface area contributed by atoms with Crippen molar-refractivity contribution >= 4 is 34.4 Å². The van der Waals surface area contributed by atoms with Gasteiger partial charge in [-0.2, -0.15) is 0 Å². The number of aromatic amines is 1. The average Bonchev–Trinajstić information content (AvgIpc) is 2.98. The first-order valence-corrected chi connectivity index (χ1v) is 9.04. The number of hydrogen-bond acceptors (Lipinski definition) is 4. The third-order valence-corrected chi connectivity index (χ3v) is 4.96. The molecule has 2 aromatic heterocycles. The van der Waals surface area contributed by atoms with Crippen molar-refractivity contribution in [2.75, 3.05) is 11.1 Å². The maximum absolute atomic E-state index is 12.3. The van der Waals surface area contributed by atoms with Crippen LogP contribution < -0.4 is 10.9 Å². The van der Waals surface area contributed by atoms with E-state index in [9.17, 15) is 9.59 Å². The normalized spacial score (nSPS) is 11.0. The molecule has 6 nitrogen and oxygen atoms in total. The van der Waals surface area contributed by atoms with Crippen molar-refractivity contribution in [1.82, 2.24) is 14.5 Å². The Morgan fingerprint density at radius 2 is 2.04 bits per heavy atom. The average molecular weight is 356 g/mol. The van der Waals surface area contributed by atoms with E-state index in [4.69, 9.17) is 0 Å². The number of hydrogen-bond donors (Lipinski definition) is 2. The van der Waals surface area contributed by atoms with Crippen LogP contribution in [0.5, 0.6) is 0 Å². The summed E-state index contributed by atoms with van der Waals surface area (Å²) in [6.07, 6.45) is 0.963. The summed E-state index contributed by atoms with van der Waals surface area (Å²) in [5, 5.41) is 3.38. The highest BCUT2D eigenvalue weighted by Gasteiger charge is 2.12. The van der Waals surface area contributed by atoms with Gasteiger partial charge in [0.2, 0.25) is 5.91 Å². The van der Waals surface area contributed by atoms with E-state index in [1.165, 1.54) is 21.9 Å². The van der Waals surface area contributed by atoms with Crippen LogP contribution >= 0.6 is 11.8 Å². The van der Waals surface area contributed by atoms with E-state index in [1.807, 2.05) is 37.3 Å². The van der Waals surface area contributed by atoms with Crippen LogP contribution in [0.25, 0.3) is 11.0 Å². The highest BCUT2D eigenvalue weighted by atomic mass is 32.2. The van der Waals surface area contributed by atoms with Crippen LogP contribution in [-0.4, -0.2) is 26.2 Å². The van der Waals surface area contributed by atoms with E-state index in [-0.39, 0.29) is 17.2 Å². The molecule has 0 spiro atoms. The van der Waals surface area contributed by atoms with Crippen LogP contribution in [0.4, 0.5) is 5.69 Å². The second-order valence-electron chi connectivity index (χ2n) is 5.86. The summed E-state index contributed by atoms with van der Waals surface area (Å²) in [6, 6.07) is 9.61. The zero-order valence-electron chi connectivity index (χ0n) is 14.4. The van der Waals surface area contributed by atoms with Gasteiger partial charge in [-0.05, 0) is 37.1 Å². The molecular formula is C18H20N4O2S. The smallest absolute Gasteiger partial charge is 0.278 e. The number of benzene rings is 1. The molecule has 0 aliphatic carbocycles. The number of carbonyl (C=O) groups is 1. The molecule has 3 aromatic rings. The van der Waals surface area contributed by atoms with Crippen LogP contribution in [0.15, 0.2) is 40.3 Å². The molecule has 0 aliphatic rings. The molecule has 0 aliphatic heterocycles. The van der Waals surface area contributed by atoms with E-state index in [2.05, 4.69) is 22.2 Å². The minimum atomic E-state index is -0.142. The zero-order valence-corrected chi connectivity index (χ0v) is 15.2. The Morgan fingerprint density at radius 1 is 1.32 bits per heavy atom. The lowest BCUT2D eigenvalue weighted by atomic mass is 10.1. The number of amides is 1. The third-order valence-electron chi connectivity index (χ3n) is 3.93. The molecule has 0 bridgehead atoms. The van der Waals surface area contributed by atoms with Gasteiger partial charge in [-0.25, -0.2) is 4.98 Å². The van der Waals surface area contributed by atoms with Crippen molar-refractivity contribution in [3.05, 3.63) is 51.9 Å². The number of rotatable bonds is 5. The summed E-state index contributed by atoms with van der Waals surface area (Å²) in [4.78, 5) is 32.0. The van der Waals surface area contributed by atoms with E-state index in [0.717, 1.165) is 17.8 Å². The molecule has 1 amide bonds. The molecule has 0 saturated carbocycles. The number of aryl methyl sites for hydroxylation is 2. The van der Waals surface area contributed by atoms with Gasteiger partial charge < -0.3 is 10.3 Å². The first-order valence-electron chi connectivity index (χ1n) is 8.06. The second-order valence-corrected chi connectivity index (χ2v) is 6.80. The van der Waals surface area contributed by atoms with E-state index < -0.39 is 0 Å². The van der Waals surface area contributed by atoms with Gasteiger partial charge in [0.1, 0.15) is 5.52 Å². The Morgan fingerprint density at radius 3 is 2.72 bits per heavy atom. The molecule has 2 heterocycles. The SMILES string of the molecule is CCc1ccc(NC(=O)CSc2nc3cc(C)[nH]c3c(=O)n2C)cc1. The first-order chi connectivity index (χ1) is 12.0. The third kappa shape index (κ3) is 3.76. The van der Waals surface area contributed by atoms with Gasteiger partial charge in [-0.3, -0.25) is 14.2 Å². The number of nitrogens with zero attached hydrogens (tertiary/aromatic N) is 2. The lowest BCUT2D eigenvalue weighted by Crippen LogP contribution is -2.21. The fourth-order valence-electron chi connectivity index (χ4n) is 2.54. The number of thioether (sulfide) groups is 1. The summed E-state index contributed by atoms with van der Waals surface area (Å²) < 4.78 is 1.46. The molecule has 0 saturated heterocycles. The Hall–Kier alpha value is -2.54. The summed E-state index contributed by atoms with van der Waals surface area (Å²) in [7, 11) is 1.66. The number of H-pyrrole nitrogens is 1. The van der Waals surface area contributed by atoms with Gasteiger partial charge in [0.15, 0.2) is 5.16 Å². The van der Waals surface area contributed by atoms with Gasteiger partial charge in [-0.15, -0.1) is 0 Å². The molecule has 3 rings (SSSR count). The Bertz CT molecular complexity index is 973. The maximum Gasteiger partial charge on any atom is 0.278 e. The fourth-order valence-corrected chi connectivity index (χ4v) is 3.31. The monoisotopic (exact) mass is 356 g/mol. The van der Waals surface area contributed by atoms with Crippen molar-refractivity contribution < 1.29 is 4.79 Å². The topological polar surface area (TPSA) is 79.8 Å². The number of carbonyl (C=O) groups excluding carboxylic acids is 1. The Balaban J connectivity index is 1.70. The van der Waals surface area contributed by atoms with E-state index in [0.29, 0.717) is 16.2 Å². The second kappa shape index (κ2) is 7.14. The van der Waals surface area contributed by atoms with Crippen LogP contribution in [0, 0.1) is 6.92 Å². The minimum Gasteiger partial charge on any atom is -0.353 e. The molecule has 7 heteroatoms. The number of aromatic nitrogens is 3. The van der Waals surface area contributed by atoms with Crippen LogP contribution in [0.1, 0.15) is 18.2 Å². The van der Waals surface area contributed by atoms with Gasteiger partial charge in [0.05, 0.1) is 11.3 Å². The molecule has 0 fully saturated rings. The van der Waals surface area contributed by atoms with Crippen molar-refractivity contribution in [1.29, 1.82) is 0 Å². The largest absolute Gasteiger partial charge is 0.353 e. The molecular weight excluding hydrogens is 336 g/mol. The van der Waals surface area contributed by atoms with Crippen LogP contribution in [0.3, 0.4) is 0 Å². The van der Waals surface area contributed by atoms with E-state index in [1.54, 1.807) is 7.05 Å². The molecule has 0 radical (unpaired) electrons. The fraction of sp³-hybridized carbons (Fsp3) is 0.278. The van der Waals surface area contributed by atoms with Gasteiger partial charge >= 0.3 is 0 Å². The van der Waals surface area contributed by atoms with Crippen molar-refractivity contribution in [2.45, 2.75) is 25.4 Å². The lowest BCUT2D eigenvalue weighted by Gasteiger charge is -2.08. The molecule has 2 N–H and O–H groups in total.